The number of likely N-dealkylation sites (tertiary alicyclic amines) is 1. The van der Waals surface area contributed by atoms with Crippen LogP contribution in [0.1, 0.15) is 28.8 Å². The molecule has 6 nitrogen and oxygen atoms in total. The third kappa shape index (κ3) is 6.85. The summed E-state index contributed by atoms with van der Waals surface area (Å²) < 4.78 is 10.3. The molecule has 29 heavy (non-hydrogen) atoms. The van der Waals surface area contributed by atoms with E-state index in [0.29, 0.717) is 23.9 Å². The number of nitrogens with one attached hydrogen (secondary N) is 1. The second-order valence-corrected chi connectivity index (χ2v) is 7.43. The van der Waals surface area contributed by atoms with E-state index in [1.54, 1.807) is 24.3 Å². The lowest BCUT2D eigenvalue weighted by molar-refractivity contribution is 0.0600. The number of piperidine rings is 1. The lowest BCUT2D eigenvalue weighted by atomic mass is 10.0. The van der Waals surface area contributed by atoms with Gasteiger partial charge >= 0.3 is 5.97 Å². The van der Waals surface area contributed by atoms with Gasteiger partial charge in [0.1, 0.15) is 18.5 Å². The summed E-state index contributed by atoms with van der Waals surface area (Å²) in [5, 5.41) is 13.7. The third-order valence-electron chi connectivity index (χ3n) is 5.18. The predicted octanol–water partition coefficient (Wildman–Crippen LogP) is 2.47. The van der Waals surface area contributed by atoms with Crippen LogP contribution in [-0.4, -0.2) is 61.5 Å². The summed E-state index contributed by atoms with van der Waals surface area (Å²) in [4.78, 5) is 14.0. The molecule has 0 saturated carbocycles. The number of esters is 1. The molecule has 0 aromatic heterocycles. The van der Waals surface area contributed by atoms with Crippen LogP contribution in [0.5, 0.6) is 5.75 Å². The first-order valence-corrected chi connectivity index (χ1v) is 10.1. The summed E-state index contributed by atoms with van der Waals surface area (Å²) in [6.45, 7) is 3.76. The first-order valence-electron chi connectivity index (χ1n) is 10.1. The molecular weight excluding hydrogens is 368 g/mol. The van der Waals surface area contributed by atoms with Gasteiger partial charge in [-0.25, -0.2) is 4.79 Å². The summed E-state index contributed by atoms with van der Waals surface area (Å²) in [5.74, 6) is 0.137. The highest BCUT2D eigenvalue weighted by Gasteiger charge is 2.19. The number of ether oxygens (including phenoxy) is 2. The molecule has 0 bridgehead atoms. The van der Waals surface area contributed by atoms with Gasteiger partial charge in [-0.15, -0.1) is 0 Å². The van der Waals surface area contributed by atoms with Gasteiger partial charge in [0.2, 0.25) is 0 Å². The minimum Gasteiger partial charge on any atom is -0.491 e. The van der Waals surface area contributed by atoms with Crippen LogP contribution in [0.3, 0.4) is 0 Å². The topological polar surface area (TPSA) is 71.0 Å². The quantitative estimate of drug-likeness (QED) is 0.633. The maximum atomic E-state index is 11.6. The minimum atomic E-state index is -0.612. The molecule has 6 heteroatoms. The van der Waals surface area contributed by atoms with Crippen molar-refractivity contribution in [3.8, 4) is 5.75 Å². The van der Waals surface area contributed by atoms with Crippen molar-refractivity contribution in [2.45, 2.75) is 31.5 Å². The van der Waals surface area contributed by atoms with E-state index < -0.39 is 12.1 Å². The van der Waals surface area contributed by atoms with E-state index >= 15 is 0 Å². The van der Waals surface area contributed by atoms with Crippen molar-refractivity contribution >= 4 is 5.97 Å². The molecular formula is C23H30N2O4. The van der Waals surface area contributed by atoms with Crippen LogP contribution in [0.4, 0.5) is 0 Å². The number of nitrogens with zero attached hydrogens (tertiary/aromatic N) is 1. The number of rotatable bonds is 9. The molecule has 156 valence electrons. The van der Waals surface area contributed by atoms with Crippen molar-refractivity contribution in [2.75, 3.05) is 33.4 Å². The molecule has 0 amide bonds. The Hall–Kier alpha value is -2.41. The van der Waals surface area contributed by atoms with E-state index in [4.69, 9.17) is 9.47 Å². The highest BCUT2D eigenvalue weighted by Crippen LogP contribution is 2.15. The number of aliphatic hydroxyl groups excluding tert-OH is 1. The number of hydrogen-bond acceptors (Lipinski definition) is 6. The van der Waals surface area contributed by atoms with Crippen LogP contribution in [0.25, 0.3) is 0 Å². The first kappa shape index (κ1) is 21.3. The van der Waals surface area contributed by atoms with Gasteiger partial charge < -0.3 is 19.9 Å². The minimum absolute atomic E-state index is 0.171. The lowest BCUT2D eigenvalue weighted by Crippen LogP contribution is -2.45. The number of carbonyl (C=O) groups is 1. The van der Waals surface area contributed by atoms with E-state index in [0.717, 1.165) is 32.5 Å². The SMILES string of the molecule is COC(=O)c1cccc(OC[C@@H](O)CNC2CCN(Cc3ccccc3)CC2)c1. The Balaban J connectivity index is 1.34. The Morgan fingerprint density at radius 3 is 2.66 bits per heavy atom. The zero-order valence-corrected chi connectivity index (χ0v) is 16.9. The van der Waals surface area contributed by atoms with Crippen molar-refractivity contribution in [2.24, 2.45) is 0 Å². The van der Waals surface area contributed by atoms with Gasteiger partial charge in [-0.1, -0.05) is 36.4 Å². The normalized spacial score (nSPS) is 16.3. The molecule has 2 aromatic rings. The van der Waals surface area contributed by atoms with E-state index in [1.807, 2.05) is 6.07 Å². The van der Waals surface area contributed by atoms with Crippen LogP contribution in [0, 0.1) is 0 Å². The Morgan fingerprint density at radius 1 is 1.17 bits per heavy atom. The van der Waals surface area contributed by atoms with E-state index in [-0.39, 0.29) is 6.61 Å². The summed E-state index contributed by atoms with van der Waals surface area (Å²) in [5.41, 5.74) is 1.78. The Morgan fingerprint density at radius 2 is 1.93 bits per heavy atom. The van der Waals surface area contributed by atoms with Gasteiger partial charge in [0.15, 0.2) is 0 Å². The molecule has 2 N–H and O–H groups in total. The average molecular weight is 399 g/mol. The van der Waals surface area contributed by atoms with Crippen LogP contribution in [0.2, 0.25) is 0 Å². The molecule has 1 fully saturated rings. The molecule has 0 spiro atoms. The van der Waals surface area contributed by atoms with Crippen LogP contribution >= 0.6 is 0 Å². The lowest BCUT2D eigenvalue weighted by Gasteiger charge is -2.33. The van der Waals surface area contributed by atoms with Gasteiger partial charge in [0.25, 0.3) is 0 Å². The number of methoxy groups -OCH3 is 1. The molecule has 1 aliphatic heterocycles. The van der Waals surface area contributed by atoms with Crippen LogP contribution in [0.15, 0.2) is 54.6 Å². The Bertz CT molecular complexity index is 760. The van der Waals surface area contributed by atoms with Crippen molar-refractivity contribution in [3.05, 3.63) is 65.7 Å². The van der Waals surface area contributed by atoms with E-state index in [1.165, 1.54) is 12.7 Å². The van der Waals surface area contributed by atoms with Gasteiger partial charge in [-0.2, -0.15) is 0 Å². The van der Waals surface area contributed by atoms with Gasteiger partial charge in [-0.05, 0) is 49.7 Å². The first-order chi connectivity index (χ1) is 14.1. The fourth-order valence-electron chi connectivity index (χ4n) is 3.52. The molecule has 0 unspecified atom stereocenters. The standard InChI is InChI=1S/C23H30N2O4/c1-28-23(27)19-8-5-9-22(14-19)29-17-21(26)15-24-20-10-12-25(13-11-20)16-18-6-3-2-4-7-18/h2-9,14,20-21,24,26H,10-13,15-17H2,1H3/t21-/m0/s1. The van der Waals surface area contributed by atoms with Gasteiger partial charge in [0, 0.05) is 19.1 Å². The molecule has 0 radical (unpaired) electrons. The number of aliphatic hydroxyl groups is 1. The monoisotopic (exact) mass is 398 g/mol. The van der Waals surface area contributed by atoms with Gasteiger partial charge in [0.05, 0.1) is 12.7 Å². The largest absolute Gasteiger partial charge is 0.491 e. The van der Waals surface area contributed by atoms with E-state index in [9.17, 15) is 9.90 Å². The Labute approximate surface area is 172 Å². The molecule has 1 atom stereocenters. The fourth-order valence-corrected chi connectivity index (χ4v) is 3.52. The highest BCUT2D eigenvalue weighted by atomic mass is 16.5. The van der Waals surface area contributed by atoms with Crippen molar-refractivity contribution in [3.63, 3.8) is 0 Å². The summed E-state index contributed by atoms with van der Waals surface area (Å²) in [6, 6.07) is 17.7. The Kier molecular flexibility index (Phi) is 8.04. The summed E-state index contributed by atoms with van der Waals surface area (Å²) in [6.07, 6.45) is 1.53. The maximum Gasteiger partial charge on any atom is 0.337 e. The summed E-state index contributed by atoms with van der Waals surface area (Å²) in [7, 11) is 1.34. The molecule has 1 saturated heterocycles. The molecule has 2 aromatic carbocycles. The fraction of sp³-hybridized carbons (Fsp3) is 0.435. The molecule has 0 aliphatic carbocycles. The number of carbonyl (C=O) groups excluding carboxylic acids is 1. The number of benzene rings is 2. The maximum absolute atomic E-state index is 11.6. The second-order valence-electron chi connectivity index (χ2n) is 7.43. The predicted molar refractivity (Wildman–Crippen MR) is 112 cm³/mol. The third-order valence-corrected chi connectivity index (χ3v) is 5.18. The second kappa shape index (κ2) is 11.0. The average Bonchev–Trinajstić information content (AvgIpc) is 2.77. The highest BCUT2D eigenvalue weighted by molar-refractivity contribution is 5.89. The zero-order chi connectivity index (χ0) is 20.5. The van der Waals surface area contributed by atoms with Crippen LogP contribution in [-0.2, 0) is 11.3 Å². The molecule has 1 heterocycles. The van der Waals surface area contributed by atoms with Crippen LogP contribution < -0.4 is 10.1 Å². The number of hydrogen-bond donors (Lipinski definition) is 2. The molecule has 1 aliphatic rings. The molecule has 3 rings (SSSR count). The van der Waals surface area contributed by atoms with Gasteiger partial charge in [-0.3, -0.25) is 4.90 Å². The van der Waals surface area contributed by atoms with Crippen molar-refractivity contribution in [1.82, 2.24) is 10.2 Å². The zero-order valence-electron chi connectivity index (χ0n) is 16.9. The summed E-state index contributed by atoms with van der Waals surface area (Å²) >= 11 is 0. The smallest absolute Gasteiger partial charge is 0.337 e. The van der Waals surface area contributed by atoms with Crippen molar-refractivity contribution < 1.29 is 19.4 Å². The van der Waals surface area contributed by atoms with E-state index in [2.05, 4.69) is 34.5 Å². The van der Waals surface area contributed by atoms with Crippen molar-refractivity contribution in [1.29, 1.82) is 0 Å².